The van der Waals surface area contributed by atoms with E-state index in [-0.39, 0.29) is 23.4 Å². The number of benzene rings is 3. The minimum Gasteiger partial charge on any atom is -0.322 e. The number of urea groups is 1. The molecule has 190 valence electrons. The summed E-state index contributed by atoms with van der Waals surface area (Å²) in [6, 6.07) is 17.6. The summed E-state index contributed by atoms with van der Waals surface area (Å²) in [5.74, 6) is 0.174. The van der Waals surface area contributed by atoms with E-state index in [4.69, 9.17) is 28.2 Å². The minimum absolute atomic E-state index is 0.213. The van der Waals surface area contributed by atoms with Crippen LogP contribution in [0.25, 0.3) is 16.6 Å². The van der Waals surface area contributed by atoms with Gasteiger partial charge in [-0.1, -0.05) is 41.4 Å². The molecule has 0 aliphatic carbocycles. The summed E-state index contributed by atoms with van der Waals surface area (Å²) < 4.78 is 15.2. The number of nitrogens with zero attached hydrogens (tertiary/aromatic N) is 4. The summed E-state index contributed by atoms with van der Waals surface area (Å²) >= 11 is 12.3. The van der Waals surface area contributed by atoms with E-state index in [1.54, 1.807) is 51.9 Å². The Morgan fingerprint density at radius 2 is 1.68 bits per heavy atom. The van der Waals surface area contributed by atoms with Gasteiger partial charge in [0.1, 0.15) is 11.6 Å². The SMILES string of the molecule is CC(c1nc2ccccc2c(=O)n1-c1ccc(F)cc1)N1CCN(C(=O)Nc2cccc(Cl)c2Cl)CC1. The Morgan fingerprint density at radius 3 is 2.41 bits per heavy atom. The number of hydrogen-bond acceptors (Lipinski definition) is 4. The van der Waals surface area contributed by atoms with Gasteiger partial charge in [0.15, 0.2) is 0 Å². The van der Waals surface area contributed by atoms with Gasteiger partial charge in [0, 0.05) is 26.2 Å². The Labute approximate surface area is 223 Å². The average molecular weight is 540 g/mol. The molecule has 1 fully saturated rings. The van der Waals surface area contributed by atoms with E-state index in [9.17, 15) is 14.0 Å². The van der Waals surface area contributed by atoms with Gasteiger partial charge in [-0.3, -0.25) is 14.3 Å². The molecule has 1 saturated heterocycles. The quantitative estimate of drug-likeness (QED) is 0.359. The van der Waals surface area contributed by atoms with Crippen LogP contribution in [0.3, 0.4) is 0 Å². The van der Waals surface area contributed by atoms with Crippen LogP contribution in [0.15, 0.2) is 71.5 Å². The average Bonchev–Trinajstić information content (AvgIpc) is 2.91. The molecule has 1 N–H and O–H groups in total. The maximum Gasteiger partial charge on any atom is 0.321 e. The lowest BCUT2D eigenvalue weighted by molar-refractivity contribution is 0.115. The van der Waals surface area contributed by atoms with Crippen molar-refractivity contribution in [1.82, 2.24) is 19.4 Å². The number of rotatable bonds is 4. The van der Waals surface area contributed by atoms with Gasteiger partial charge in [-0.05, 0) is 55.5 Å². The highest BCUT2D eigenvalue weighted by Crippen LogP contribution is 2.30. The molecule has 1 unspecified atom stereocenters. The van der Waals surface area contributed by atoms with Crippen LogP contribution in [0, 0.1) is 5.82 Å². The second-order valence-electron chi connectivity index (χ2n) is 8.83. The summed E-state index contributed by atoms with van der Waals surface area (Å²) in [7, 11) is 0. The Kier molecular flexibility index (Phi) is 7.15. The van der Waals surface area contributed by atoms with Crippen molar-refractivity contribution >= 4 is 45.8 Å². The van der Waals surface area contributed by atoms with E-state index in [0.717, 1.165) is 0 Å². The number of carbonyl (C=O) groups excluding carboxylic acids is 1. The monoisotopic (exact) mass is 539 g/mol. The lowest BCUT2D eigenvalue weighted by Crippen LogP contribution is -2.51. The van der Waals surface area contributed by atoms with E-state index < -0.39 is 0 Å². The highest BCUT2D eigenvalue weighted by Gasteiger charge is 2.28. The summed E-state index contributed by atoms with van der Waals surface area (Å²) in [4.78, 5) is 35.1. The zero-order valence-corrected chi connectivity index (χ0v) is 21.5. The molecule has 2 heterocycles. The summed E-state index contributed by atoms with van der Waals surface area (Å²) in [5.41, 5.74) is 1.39. The normalized spacial score (nSPS) is 15.1. The summed E-state index contributed by atoms with van der Waals surface area (Å²) in [5, 5.41) is 3.98. The van der Waals surface area contributed by atoms with Crippen molar-refractivity contribution in [2.45, 2.75) is 13.0 Å². The fourth-order valence-electron chi connectivity index (χ4n) is 4.54. The number of piperazine rings is 1. The van der Waals surface area contributed by atoms with Crippen molar-refractivity contribution in [2.24, 2.45) is 0 Å². The fourth-order valence-corrected chi connectivity index (χ4v) is 4.89. The van der Waals surface area contributed by atoms with Crippen molar-refractivity contribution < 1.29 is 9.18 Å². The molecule has 4 aromatic rings. The first-order valence-electron chi connectivity index (χ1n) is 11.8. The van der Waals surface area contributed by atoms with Crippen molar-refractivity contribution in [1.29, 1.82) is 0 Å². The zero-order valence-electron chi connectivity index (χ0n) is 20.0. The van der Waals surface area contributed by atoms with Gasteiger partial charge in [0.05, 0.1) is 38.4 Å². The molecule has 7 nitrogen and oxygen atoms in total. The first-order chi connectivity index (χ1) is 17.8. The molecule has 37 heavy (non-hydrogen) atoms. The standard InChI is InChI=1S/C27H24Cl2FN5O2/c1-17(33-13-15-34(16-14-33)27(37)32-23-8-4-6-21(28)24(23)29)25-31-22-7-3-2-5-20(22)26(36)35(25)19-11-9-18(30)10-12-19/h2-12,17H,13-16H2,1H3,(H,32,37). The van der Waals surface area contributed by atoms with Crippen LogP contribution < -0.4 is 10.9 Å². The molecule has 0 radical (unpaired) electrons. The lowest BCUT2D eigenvalue weighted by atomic mass is 10.1. The van der Waals surface area contributed by atoms with Gasteiger partial charge in [0.25, 0.3) is 5.56 Å². The van der Waals surface area contributed by atoms with Crippen LogP contribution in [0.4, 0.5) is 14.9 Å². The van der Waals surface area contributed by atoms with Gasteiger partial charge >= 0.3 is 6.03 Å². The molecule has 3 aromatic carbocycles. The van der Waals surface area contributed by atoms with Crippen molar-refractivity contribution in [3.63, 3.8) is 0 Å². The number of nitrogens with one attached hydrogen (secondary N) is 1. The smallest absolute Gasteiger partial charge is 0.321 e. The van der Waals surface area contributed by atoms with Crippen LogP contribution >= 0.6 is 23.2 Å². The molecule has 2 amide bonds. The Balaban J connectivity index is 1.38. The predicted molar refractivity (Wildman–Crippen MR) is 144 cm³/mol. The number of hydrogen-bond donors (Lipinski definition) is 1. The molecule has 1 aliphatic heterocycles. The van der Waals surface area contributed by atoms with E-state index in [0.29, 0.717) is 64.3 Å². The van der Waals surface area contributed by atoms with Gasteiger partial charge in [-0.25, -0.2) is 14.2 Å². The Morgan fingerprint density at radius 1 is 0.973 bits per heavy atom. The van der Waals surface area contributed by atoms with E-state index in [2.05, 4.69) is 10.2 Å². The van der Waals surface area contributed by atoms with Crippen molar-refractivity contribution in [2.75, 3.05) is 31.5 Å². The summed E-state index contributed by atoms with van der Waals surface area (Å²) in [6.07, 6.45) is 0. The van der Waals surface area contributed by atoms with E-state index in [1.807, 2.05) is 19.1 Å². The molecule has 5 rings (SSSR count). The topological polar surface area (TPSA) is 70.5 Å². The molecular formula is C27H24Cl2FN5O2. The number of aromatic nitrogens is 2. The first kappa shape index (κ1) is 25.2. The minimum atomic E-state index is -0.381. The highest BCUT2D eigenvalue weighted by atomic mass is 35.5. The maximum absolute atomic E-state index is 13.6. The summed E-state index contributed by atoms with van der Waals surface area (Å²) in [6.45, 7) is 4.08. The molecular weight excluding hydrogens is 516 g/mol. The van der Waals surface area contributed by atoms with Crippen LogP contribution in [0.2, 0.25) is 10.0 Å². The maximum atomic E-state index is 13.6. The van der Waals surface area contributed by atoms with Crippen LogP contribution in [-0.4, -0.2) is 51.6 Å². The molecule has 1 atom stereocenters. The van der Waals surface area contributed by atoms with Crippen LogP contribution in [-0.2, 0) is 0 Å². The van der Waals surface area contributed by atoms with Gasteiger partial charge < -0.3 is 10.2 Å². The highest BCUT2D eigenvalue weighted by molar-refractivity contribution is 6.43. The van der Waals surface area contributed by atoms with Gasteiger partial charge in [0.2, 0.25) is 0 Å². The predicted octanol–water partition coefficient (Wildman–Crippen LogP) is 5.74. The number of fused-ring (bicyclic) bond motifs is 1. The molecule has 0 saturated carbocycles. The molecule has 0 bridgehead atoms. The molecule has 1 aliphatic rings. The van der Waals surface area contributed by atoms with Gasteiger partial charge in [-0.15, -0.1) is 0 Å². The van der Waals surface area contributed by atoms with E-state index in [1.165, 1.54) is 12.1 Å². The number of amides is 2. The molecule has 1 aromatic heterocycles. The number of anilines is 1. The zero-order chi connectivity index (χ0) is 26.1. The van der Waals surface area contributed by atoms with Crippen molar-refractivity contribution in [3.05, 3.63) is 98.8 Å². The third kappa shape index (κ3) is 5.05. The van der Waals surface area contributed by atoms with Crippen molar-refractivity contribution in [3.8, 4) is 5.69 Å². The number of carbonyl (C=O) groups is 1. The molecule has 0 spiro atoms. The third-order valence-electron chi connectivity index (χ3n) is 6.60. The lowest BCUT2D eigenvalue weighted by Gasteiger charge is -2.38. The molecule has 10 heteroatoms. The van der Waals surface area contributed by atoms with Crippen LogP contribution in [0.5, 0.6) is 0 Å². The Bertz CT molecular complexity index is 1520. The Hall–Kier alpha value is -3.46. The first-order valence-corrected chi connectivity index (χ1v) is 12.6. The fraction of sp³-hybridized carbons (Fsp3) is 0.222. The number of para-hydroxylation sites is 1. The third-order valence-corrected chi connectivity index (χ3v) is 7.42. The second-order valence-corrected chi connectivity index (χ2v) is 9.62. The van der Waals surface area contributed by atoms with Crippen LogP contribution in [0.1, 0.15) is 18.8 Å². The second kappa shape index (κ2) is 10.5. The van der Waals surface area contributed by atoms with E-state index >= 15 is 0 Å². The number of halogens is 3. The largest absolute Gasteiger partial charge is 0.322 e. The van der Waals surface area contributed by atoms with Gasteiger partial charge in [-0.2, -0.15) is 0 Å².